The average Bonchev–Trinajstić information content (AvgIpc) is 3.13. The summed E-state index contributed by atoms with van der Waals surface area (Å²) in [4.78, 5) is 14.6. The van der Waals surface area contributed by atoms with Crippen LogP contribution in [0, 0.1) is 0 Å². The molecule has 1 aromatic heterocycles. The van der Waals surface area contributed by atoms with Crippen molar-refractivity contribution in [1.82, 2.24) is 10.2 Å². The fourth-order valence-corrected chi connectivity index (χ4v) is 5.83. The molecule has 0 bridgehead atoms. The number of methoxy groups -OCH3 is 1. The van der Waals surface area contributed by atoms with Crippen LogP contribution in [0.4, 0.5) is 5.69 Å². The maximum Gasteiger partial charge on any atom is 0.237 e. The molecular weight excluding hydrogens is 386 g/mol. The zero-order chi connectivity index (χ0) is 18.4. The van der Waals surface area contributed by atoms with Gasteiger partial charge in [0.05, 0.1) is 12.9 Å². The van der Waals surface area contributed by atoms with E-state index in [1.165, 1.54) is 30.2 Å². The number of benzene rings is 1. The molecule has 5 nitrogen and oxygen atoms in total. The zero-order valence-electron chi connectivity index (χ0n) is 15.1. The van der Waals surface area contributed by atoms with E-state index in [0.717, 1.165) is 45.3 Å². The standard InChI is InChI=1S/C18H23N3O2S3/c1-3-4-10-24-17-19-20-18(26-17)25-12-16(22)21-9-5-6-13-11-14(23-2)7-8-15(13)21/h7-8,11H,3-6,9-10,12H2,1-2H3. The van der Waals surface area contributed by atoms with Gasteiger partial charge < -0.3 is 9.64 Å². The number of aryl methyl sites for hydroxylation is 1. The maximum absolute atomic E-state index is 12.7. The van der Waals surface area contributed by atoms with Crippen LogP contribution in [0.5, 0.6) is 5.75 Å². The van der Waals surface area contributed by atoms with Crippen LogP contribution >= 0.6 is 34.9 Å². The van der Waals surface area contributed by atoms with E-state index in [0.29, 0.717) is 5.75 Å². The molecule has 1 aromatic carbocycles. The van der Waals surface area contributed by atoms with Crippen LogP contribution in [-0.4, -0.2) is 41.3 Å². The molecular formula is C18H23N3O2S3. The Labute approximate surface area is 166 Å². The number of amides is 1. The molecule has 26 heavy (non-hydrogen) atoms. The van der Waals surface area contributed by atoms with Crippen LogP contribution < -0.4 is 9.64 Å². The first-order valence-electron chi connectivity index (χ1n) is 8.77. The van der Waals surface area contributed by atoms with Gasteiger partial charge in [-0.3, -0.25) is 4.79 Å². The lowest BCUT2D eigenvalue weighted by atomic mass is 10.0. The van der Waals surface area contributed by atoms with Crippen LogP contribution in [-0.2, 0) is 11.2 Å². The Kier molecular flexibility index (Phi) is 7.22. The van der Waals surface area contributed by atoms with Gasteiger partial charge in [-0.2, -0.15) is 0 Å². The molecule has 0 aliphatic carbocycles. The number of hydrogen-bond acceptors (Lipinski definition) is 7. The quantitative estimate of drug-likeness (QED) is 0.472. The summed E-state index contributed by atoms with van der Waals surface area (Å²) in [5, 5.41) is 8.41. The summed E-state index contributed by atoms with van der Waals surface area (Å²) in [6.45, 7) is 2.95. The molecule has 0 fully saturated rings. The minimum atomic E-state index is 0.122. The first-order valence-corrected chi connectivity index (χ1v) is 11.6. The van der Waals surface area contributed by atoms with Crippen molar-refractivity contribution in [3.63, 3.8) is 0 Å². The number of ether oxygens (including phenoxy) is 1. The monoisotopic (exact) mass is 409 g/mol. The summed E-state index contributed by atoms with van der Waals surface area (Å²) in [7, 11) is 1.67. The number of thioether (sulfide) groups is 2. The Bertz CT molecular complexity index is 751. The van der Waals surface area contributed by atoms with E-state index in [9.17, 15) is 4.79 Å². The van der Waals surface area contributed by atoms with E-state index in [2.05, 4.69) is 17.1 Å². The zero-order valence-corrected chi connectivity index (χ0v) is 17.5. The summed E-state index contributed by atoms with van der Waals surface area (Å²) >= 11 is 4.81. The minimum absolute atomic E-state index is 0.122. The Balaban J connectivity index is 1.58. The molecule has 1 amide bonds. The van der Waals surface area contributed by atoms with Gasteiger partial charge in [0.15, 0.2) is 8.68 Å². The number of hydrogen-bond donors (Lipinski definition) is 0. The molecule has 0 saturated heterocycles. The van der Waals surface area contributed by atoms with Gasteiger partial charge in [0, 0.05) is 18.0 Å². The largest absolute Gasteiger partial charge is 0.497 e. The van der Waals surface area contributed by atoms with E-state index >= 15 is 0 Å². The average molecular weight is 410 g/mol. The van der Waals surface area contributed by atoms with Crippen molar-refractivity contribution in [1.29, 1.82) is 0 Å². The highest BCUT2D eigenvalue weighted by molar-refractivity contribution is 8.03. The third-order valence-corrected chi connectivity index (χ3v) is 7.40. The van der Waals surface area contributed by atoms with Crippen molar-refractivity contribution in [2.45, 2.75) is 41.3 Å². The lowest BCUT2D eigenvalue weighted by Crippen LogP contribution is -2.36. The third-order valence-electron chi connectivity index (χ3n) is 4.14. The first kappa shape index (κ1) is 19.5. The minimum Gasteiger partial charge on any atom is -0.497 e. The molecule has 1 aliphatic rings. The van der Waals surface area contributed by atoms with Crippen LogP contribution in [0.15, 0.2) is 26.9 Å². The van der Waals surface area contributed by atoms with Gasteiger partial charge in [-0.05, 0) is 43.0 Å². The molecule has 3 rings (SSSR count). The Morgan fingerprint density at radius 3 is 2.88 bits per heavy atom. The number of fused-ring (bicyclic) bond motifs is 1. The predicted octanol–water partition coefficient (Wildman–Crippen LogP) is 4.51. The van der Waals surface area contributed by atoms with Crippen molar-refractivity contribution in [3.05, 3.63) is 23.8 Å². The summed E-state index contributed by atoms with van der Waals surface area (Å²) < 4.78 is 7.15. The lowest BCUT2D eigenvalue weighted by molar-refractivity contribution is -0.116. The van der Waals surface area contributed by atoms with Gasteiger partial charge in [-0.1, -0.05) is 48.2 Å². The van der Waals surface area contributed by atoms with Gasteiger partial charge in [0.1, 0.15) is 5.75 Å². The molecule has 0 atom stereocenters. The molecule has 0 saturated carbocycles. The second-order valence-electron chi connectivity index (χ2n) is 5.97. The van der Waals surface area contributed by atoms with Crippen LogP contribution in [0.25, 0.3) is 0 Å². The highest BCUT2D eigenvalue weighted by atomic mass is 32.2. The second kappa shape index (κ2) is 9.62. The molecule has 2 heterocycles. The van der Waals surface area contributed by atoms with Crippen molar-refractivity contribution < 1.29 is 9.53 Å². The van der Waals surface area contributed by atoms with Gasteiger partial charge in [-0.25, -0.2) is 0 Å². The van der Waals surface area contributed by atoms with E-state index in [4.69, 9.17) is 4.74 Å². The summed E-state index contributed by atoms with van der Waals surface area (Å²) in [5.41, 5.74) is 2.19. The lowest BCUT2D eigenvalue weighted by Gasteiger charge is -2.29. The number of aromatic nitrogens is 2. The molecule has 140 valence electrons. The number of carbonyl (C=O) groups excluding carboxylic acids is 1. The van der Waals surface area contributed by atoms with Crippen LogP contribution in [0.3, 0.4) is 0 Å². The third kappa shape index (κ3) is 4.92. The Hall–Kier alpha value is -1.25. The molecule has 2 aromatic rings. The van der Waals surface area contributed by atoms with E-state index in [1.807, 2.05) is 23.1 Å². The SMILES string of the molecule is CCCCSc1nnc(SCC(=O)N2CCCc3cc(OC)ccc32)s1. The van der Waals surface area contributed by atoms with Crippen molar-refractivity contribution in [2.75, 3.05) is 30.1 Å². The first-order chi connectivity index (χ1) is 12.7. The van der Waals surface area contributed by atoms with E-state index in [-0.39, 0.29) is 5.91 Å². The molecule has 0 unspecified atom stereocenters. The van der Waals surface area contributed by atoms with Crippen molar-refractivity contribution >= 4 is 46.5 Å². The van der Waals surface area contributed by atoms with Crippen molar-refractivity contribution in [3.8, 4) is 5.75 Å². The molecule has 0 radical (unpaired) electrons. The summed E-state index contributed by atoms with van der Waals surface area (Å²) in [6, 6.07) is 5.94. The normalized spacial score (nSPS) is 13.5. The van der Waals surface area contributed by atoms with Gasteiger partial charge in [0.25, 0.3) is 0 Å². The smallest absolute Gasteiger partial charge is 0.237 e. The summed E-state index contributed by atoms with van der Waals surface area (Å²) in [5.74, 6) is 2.42. The molecule has 1 aliphatic heterocycles. The topological polar surface area (TPSA) is 55.3 Å². The maximum atomic E-state index is 12.7. The number of carbonyl (C=O) groups is 1. The Morgan fingerprint density at radius 2 is 2.12 bits per heavy atom. The number of anilines is 1. The van der Waals surface area contributed by atoms with E-state index in [1.54, 1.807) is 30.2 Å². The highest BCUT2D eigenvalue weighted by Crippen LogP contribution is 2.33. The van der Waals surface area contributed by atoms with Gasteiger partial charge in [-0.15, -0.1) is 10.2 Å². The number of unbranched alkanes of at least 4 members (excludes halogenated alkanes) is 1. The fraction of sp³-hybridized carbons (Fsp3) is 0.500. The second-order valence-corrected chi connectivity index (χ2v) is 9.51. The van der Waals surface area contributed by atoms with Gasteiger partial charge >= 0.3 is 0 Å². The van der Waals surface area contributed by atoms with Crippen molar-refractivity contribution in [2.24, 2.45) is 0 Å². The summed E-state index contributed by atoms with van der Waals surface area (Å²) in [6.07, 6.45) is 4.33. The number of nitrogens with zero attached hydrogens (tertiary/aromatic N) is 3. The van der Waals surface area contributed by atoms with Crippen LogP contribution in [0.2, 0.25) is 0 Å². The fourth-order valence-electron chi connectivity index (χ4n) is 2.78. The molecule has 0 spiro atoms. The predicted molar refractivity (Wildman–Crippen MR) is 110 cm³/mol. The molecule has 8 heteroatoms. The van der Waals surface area contributed by atoms with E-state index < -0.39 is 0 Å². The molecule has 0 N–H and O–H groups in total. The highest BCUT2D eigenvalue weighted by Gasteiger charge is 2.23. The van der Waals surface area contributed by atoms with Crippen LogP contribution in [0.1, 0.15) is 31.7 Å². The Morgan fingerprint density at radius 1 is 1.31 bits per heavy atom. The van der Waals surface area contributed by atoms with Gasteiger partial charge in [0.2, 0.25) is 5.91 Å². The number of rotatable bonds is 8.